The van der Waals surface area contributed by atoms with Gasteiger partial charge in [-0.05, 0) is 18.8 Å². The summed E-state index contributed by atoms with van der Waals surface area (Å²) >= 11 is 0. The third-order valence-corrected chi connectivity index (χ3v) is 4.08. The van der Waals surface area contributed by atoms with Gasteiger partial charge in [0.25, 0.3) is 0 Å². The Morgan fingerprint density at radius 3 is 2.58 bits per heavy atom. The summed E-state index contributed by atoms with van der Waals surface area (Å²) in [6.45, 7) is -1.83. The number of hydrogen-bond acceptors (Lipinski definition) is 3. The van der Waals surface area contributed by atoms with Crippen molar-refractivity contribution in [2.45, 2.75) is 50.7 Å². The summed E-state index contributed by atoms with van der Waals surface area (Å²) in [6, 6.07) is 0.975. The van der Waals surface area contributed by atoms with Crippen LogP contribution in [0.2, 0.25) is 0 Å². The lowest BCUT2D eigenvalue weighted by Crippen LogP contribution is -2.30. The maximum atomic E-state index is 13.7. The SMILES string of the molecule is O=C(CC1CCC(F)(F)CC1)NCc1cc(OCC(F)(F)F)ncc1F. The average Bonchev–Trinajstić information content (AvgIpc) is 2.54. The molecular weight excluding hydrogens is 366 g/mol. The molecule has 1 aromatic rings. The zero-order chi connectivity index (χ0) is 19.4. The van der Waals surface area contributed by atoms with Crippen molar-refractivity contribution in [1.82, 2.24) is 10.3 Å². The van der Waals surface area contributed by atoms with Gasteiger partial charge in [0.15, 0.2) is 6.61 Å². The highest BCUT2D eigenvalue weighted by Crippen LogP contribution is 2.37. The van der Waals surface area contributed by atoms with Crippen LogP contribution >= 0.6 is 0 Å². The summed E-state index contributed by atoms with van der Waals surface area (Å²) in [7, 11) is 0. The maximum absolute atomic E-state index is 13.7. The molecule has 1 saturated carbocycles. The first-order valence-electron chi connectivity index (χ1n) is 8.02. The van der Waals surface area contributed by atoms with Crippen molar-refractivity contribution >= 4 is 5.91 Å². The molecule has 1 heterocycles. The second-order valence-electron chi connectivity index (χ2n) is 6.30. The standard InChI is InChI=1S/C16H18F6N2O2/c17-12-8-24-14(26-9-16(20,21)22)6-11(12)7-23-13(25)5-10-1-3-15(18,19)4-2-10/h6,8,10H,1-5,7,9H2,(H,23,25). The van der Waals surface area contributed by atoms with E-state index in [4.69, 9.17) is 0 Å². The van der Waals surface area contributed by atoms with Crippen molar-refractivity contribution in [3.05, 3.63) is 23.6 Å². The predicted octanol–water partition coefficient (Wildman–Crippen LogP) is 3.99. The predicted molar refractivity (Wildman–Crippen MR) is 79.1 cm³/mol. The Balaban J connectivity index is 1.83. The van der Waals surface area contributed by atoms with Gasteiger partial charge >= 0.3 is 6.18 Å². The number of alkyl halides is 5. The van der Waals surface area contributed by atoms with Crippen LogP contribution in [0.4, 0.5) is 26.3 Å². The van der Waals surface area contributed by atoms with E-state index in [1.807, 2.05) is 0 Å². The van der Waals surface area contributed by atoms with Gasteiger partial charge in [-0.15, -0.1) is 0 Å². The van der Waals surface area contributed by atoms with Crippen LogP contribution in [0.25, 0.3) is 0 Å². The van der Waals surface area contributed by atoms with Gasteiger partial charge in [-0.2, -0.15) is 13.2 Å². The number of hydrogen-bond donors (Lipinski definition) is 1. The molecule has 26 heavy (non-hydrogen) atoms. The highest BCUT2D eigenvalue weighted by molar-refractivity contribution is 5.76. The molecule has 0 atom stereocenters. The molecule has 0 aromatic carbocycles. The van der Waals surface area contributed by atoms with Crippen LogP contribution in [-0.4, -0.2) is 29.6 Å². The fourth-order valence-electron chi connectivity index (χ4n) is 2.66. The normalized spacial score (nSPS) is 17.8. The molecule has 1 N–H and O–H groups in total. The second-order valence-corrected chi connectivity index (χ2v) is 6.30. The second kappa shape index (κ2) is 8.13. The summed E-state index contributed by atoms with van der Waals surface area (Å²) in [4.78, 5) is 15.3. The van der Waals surface area contributed by atoms with Crippen molar-refractivity contribution < 1.29 is 35.9 Å². The third kappa shape index (κ3) is 6.72. The number of carbonyl (C=O) groups is 1. The lowest BCUT2D eigenvalue weighted by Gasteiger charge is -2.27. The molecule has 2 rings (SSSR count). The van der Waals surface area contributed by atoms with Gasteiger partial charge in [-0.1, -0.05) is 0 Å². The minimum Gasteiger partial charge on any atom is -0.468 e. The zero-order valence-corrected chi connectivity index (χ0v) is 13.7. The van der Waals surface area contributed by atoms with Crippen LogP contribution in [0.15, 0.2) is 12.3 Å². The minimum atomic E-state index is -4.55. The quantitative estimate of drug-likeness (QED) is 0.755. The molecule has 146 valence electrons. The Morgan fingerprint density at radius 2 is 1.96 bits per heavy atom. The van der Waals surface area contributed by atoms with Gasteiger partial charge in [-0.25, -0.2) is 18.2 Å². The molecule has 1 fully saturated rings. The monoisotopic (exact) mass is 384 g/mol. The molecule has 0 spiro atoms. The maximum Gasteiger partial charge on any atom is 0.422 e. The molecule has 0 radical (unpaired) electrons. The zero-order valence-electron chi connectivity index (χ0n) is 13.7. The first-order chi connectivity index (χ1) is 12.0. The van der Waals surface area contributed by atoms with Crippen LogP contribution in [-0.2, 0) is 11.3 Å². The van der Waals surface area contributed by atoms with Gasteiger partial charge in [0, 0.05) is 37.4 Å². The summed E-state index contributed by atoms with van der Waals surface area (Å²) in [5.74, 6) is -4.50. The average molecular weight is 384 g/mol. The molecule has 0 unspecified atom stereocenters. The summed E-state index contributed by atoms with van der Waals surface area (Å²) < 4.78 is 80.6. The van der Waals surface area contributed by atoms with E-state index in [-0.39, 0.29) is 50.1 Å². The lowest BCUT2D eigenvalue weighted by molar-refractivity contribution is -0.154. The van der Waals surface area contributed by atoms with E-state index in [0.717, 1.165) is 6.07 Å². The number of ether oxygens (including phenoxy) is 1. The lowest BCUT2D eigenvalue weighted by atomic mass is 9.84. The molecule has 0 saturated heterocycles. The van der Waals surface area contributed by atoms with Crippen LogP contribution in [0, 0.1) is 11.7 Å². The van der Waals surface area contributed by atoms with E-state index in [2.05, 4.69) is 15.0 Å². The number of nitrogens with one attached hydrogen (secondary N) is 1. The highest BCUT2D eigenvalue weighted by Gasteiger charge is 2.35. The fourth-order valence-corrected chi connectivity index (χ4v) is 2.66. The molecule has 1 aliphatic rings. The topological polar surface area (TPSA) is 51.2 Å². The minimum absolute atomic E-state index is 0.0419. The van der Waals surface area contributed by atoms with Gasteiger partial charge < -0.3 is 10.1 Å². The molecule has 0 bridgehead atoms. The van der Waals surface area contributed by atoms with Crippen molar-refractivity contribution in [3.63, 3.8) is 0 Å². The molecular formula is C16H18F6N2O2. The van der Waals surface area contributed by atoms with Gasteiger partial charge in [0.1, 0.15) is 5.82 Å². The highest BCUT2D eigenvalue weighted by atomic mass is 19.4. The van der Waals surface area contributed by atoms with E-state index in [1.54, 1.807) is 0 Å². The number of aromatic nitrogens is 1. The van der Waals surface area contributed by atoms with Crippen molar-refractivity contribution in [3.8, 4) is 5.88 Å². The molecule has 1 amide bonds. The number of amides is 1. The van der Waals surface area contributed by atoms with Gasteiger partial charge in [0.05, 0.1) is 6.20 Å². The number of rotatable bonds is 6. The smallest absolute Gasteiger partial charge is 0.422 e. The Hall–Kier alpha value is -2.00. The summed E-state index contributed by atoms with van der Waals surface area (Å²) in [6.07, 6.45) is -3.86. The van der Waals surface area contributed by atoms with Gasteiger partial charge in [-0.3, -0.25) is 4.79 Å². The number of carbonyl (C=O) groups excluding carboxylic acids is 1. The molecule has 0 aliphatic heterocycles. The number of nitrogens with zero attached hydrogens (tertiary/aromatic N) is 1. The molecule has 1 aliphatic carbocycles. The Bertz CT molecular complexity index is 626. The molecule has 4 nitrogen and oxygen atoms in total. The van der Waals surface area contributed by atoms with Crippen molar-refractivity contribution in [2.24, 2.45) is 5.92 Å². The first kappa shape index (κ1) is 20.3. The fraction of sp³-hybridized carbons (Fsp3) is 0.625. The Kier molecular flexibility index (Phi) is 6.35. The summed E-state index contributed by atoms with van der Waals surface area (Å²) in [5, 5.41) is 2.44. The van der Waals surface area contributed by atoms with Crippen LogP contribution < -0.4 is 10.1 Å². The van der Waals surface area contributed by atoms with Crippen molar-refractivity contribution in [1.29, 1.82) is 0 Å². The van der Waals surface area contributed by atoms with Crippen LogP contribution in [0.5, 0.6) is 5.88 Å². The number of pyridine rings is 1. The molecule has 10 heteroatoms. The van der Waals surface area contributed by atoms with E-state index < -0.39 is 36.3 Å². The Morgan fingerprint density at radius 1 is 1.31 bits per heavy atom. The Labute approximate surface area is 145 Å². The van der Waals surface area contributed by atoms with Crippen molar-refractivity contribution in [2.75, 3.05) is 6.61 Å². The molecule has 1 aromatic heterocycles. The third-order valence-electron chi connectivity index (χ3n) is 4.08. The van der Waals surface area contributed by atoms with Crippen LogP contribution in [0.1, 0.15) is 37.7 Å². The van der Waals surface area contributed by atoms with E-state index >= 15 is 0 Å². The van der Waals surface area contributed by atoms with E-state index in [9.17, 15) is 31.1 Å². The first-order valence-corrected chi connectivity index (χ1v) is 8.02. The largest absolute Gasteiger partial charge is 0.468 e. The van der Waals surface area contributed by atoms with Crippen LogP contribution in [0.3, 0.4) is 0 Å². The van der Waals surface area contributed by atoms with E-state index in [1.165, 1.54) is 0 Å². The van der Waals surface area contributed by atoms with Gasteiger partial charge in [0.2, 0.25) is 17.7 Å². The summed E-state index contributed by atoms with van der Waals surface area (Å²) in [5.41, 5.74) is -0.0827. The van der Waals surface area contributed by atoms with E-state index in [0.29, 0.717) is 6.20 Å². The number of halogens is 6.